The first-order valence-corrected chi connectivity index (χ1v) is 13.4. The van der Waals surface area contributed by atoms with Crippen LogP contribution in [0.3, 0.4) is 0 Å². The fraction of sp³-hybridized carbons (Fsp3) is 0.480. The Kier molecular flexibility index (Phi) is 9.13. The minimum Gasteiger partial charge on any atom is -0.465 e. The molecule has 184 valence electrons. The molecule has 2 aromatic rings. The summed E-state index contributed by atoms with van der Waals surface area (Å²) in [6.45, 7) is 3.78. The van der Waals surface area contributed by atoms with Crippen molar-refractivity contribution in [1.29, 1.82) is 10.5 Å². The Morgan fingerprint density at radius 1 is 1.17 bits per heavy atom. The van der Waals surface area contributed by atoms with E-state index in [9.17, 15) is 20.1 Å². The Morgan fingerprint density at radius 2 is 1.86 bits per heavy atom. The number of pyridine rings is 1. The van der Waals surface area contributed by atoms with Gasteiger partial charge in [0.1, 0.15) is 28.0 Å². The highest BCUT2D eigenvalue weighted by Gasteiger charge is 2.26. The number of ether oxygens (including phenoxy) is 1. The molecule has 0 saturated carbocycles. The highest BCUT2D eigenvalue weighted by molar-refractivity contribution is 7.99. The summed E-state index contributed by atoms with van der Waals surface area (Å²) < 4.78 is 5.02. The summed E-state index contributed by atoms with van der Waals surface area (Å²) in [4.78, 5) is 30.7. The van der Waals surface area contributed by atoms with Gasteiger partial charge in [-0.05, 0) is 42.7 Å². The average molecular weight is 512 g/mol. The number of nitriles is 2. The van der Waals surface area contributed by atoms with Gasteiger partial charge in [-0.15, -0.1) is 23.1 Å². The van der Waals surface area contributed by atoms with Crippen LogP contribution in [0.4, 0.5) is 10.8 Å². The van der Waals surface area contributed by atoms with Gasteiger partial charge in [-0.1, -0.05) is 26.7 Å². The molecule has 0 saturated heterocycles. The molecule has 0 unspecified atom stereocenters. The van der Waals surface area contributed by atoms with Crippen molar-refractivity contribution >= 4 is 45.8 Å². The third kappa shape index (κ3) is 5.95. The monoisotopic (exact) mass is 511 g/mol. The maximum Gasteiger partial charge on any atom is 0.341 e. The molecule has 10 heteroatoms. The molecule has 1 amide bonds. The lowest BCUT2D eigenvalue weighted by molar-refractivity contribution is -0.115. The number of nitrogens with one attached hydrogen (secondary N) is 1. The Labute approximate surface area is 213 Å². The van der Waals surface area contributed by atoms with Crippen LogP contribution in [0.25, 0.3) is 0 Å². The number of aromatic nitrogens is 1. The lowest BCUT2D eigenvalue weighted by Crippen LogP contribution is -2.15. The van der Waals surface area contributed by atoms with Crippen LogP contribution in [0, 0.1) is 22.7 Å². The molecule has 2 heterocycles. The Bertz CT molecular complexity index is 1210. The van der Waals surface area contributed by atoms with E-state index in [1.165, 1.54) is 36.6 Å². The number of nitrogens with zero attached hydrogens (tertiary/aromatic N) is 3. The second-order valence-corrected chi connectivity index (χ2v) is 10.8. The van der Waals surface area contributed by atoms with Crippen molar-refractivity contribution in [3.05, 3.63) is 32.7 Å². The molecule has 3 N–H and O–H groups in total. The van der Waals surface area contributed by atoms with Gasteiger partial charge in [0.25, 0.3) is 0 Å². The molecule has 8 nitrogen and oxygen atoms in total. The SMILES string of the molecule is COC(=O)c1c(NC(=O)CCSc2nc(N)c(C#N)c(C(C)C)c2C#N)sc2c1CCCCCC2. The number of thioether (sulfide) groups is 1. The molecule has 0 aromatic carbocycles. The molecular formula is C25H29N5O3S2. The normalized spacial score (nSPS) is 13.2. The van der Waals surface area contributed by atoms with Crippen molar-refractivity contribution in [1.82, 2.24) is 4.98 Å². The van der Waals surface area contributed by atoms with E-state index in [0.717, 1.165) is 42.5 Å². The van der Waals surface area contributed by atoms with Gasteiger partial charge in [0.15, 0.2) is 0 Å². The molecule has 0 fully saturated rings. The van der Waals surface area contributed by atoms with Gasteiger partial charge in [-0.3, -0.25) is 4.79 Å². The number of hydrogen-bond donors (Lipinski definition) is 2. The van der Waals surface area contributed by atoms with Crippen LogP contribution in [-0.2, 0) is 22.4 Å². The smallest absolute Gasteiger partial charge is 0.341 e. The number of carbonyl (C=O) groups excluding carboxylic acids is 2. The molecule has 2 aromatic heterocycles. The van der Waals surface area contributed by atoms with E-state index in [1.807, 2.05) is 19.9 Å². The first-order chi connectivity index (χ1) is 16.8. The molecule has 0 radical (unpaired) electrons. The minimum atomic E-state index is -0.426. The number of anilines is 2. The third-order valence-corrected chi connectivity index (χ3v) is 8.10. The van der Waals surface area contributed by atoms with Crippen LogP contribution < -0.4 is 11.1 Å². The van der Waals surface area contributed by atoms with Gasteiger partial charge in [-0.25, -0.2) is 9.78 Å². The number of methoxy groups -OCH3 is 1. The molecule has 35 heavy (non-hydrogen) atoms. The van der Waals surface area contributed by atoms with Crippen molar-refractivity contribution in [2.45, 2.75) is 69.7 Å². The summed E-state index contributed by atoms with van der Waals surface area (Å²) in [5.41, 5.74) is 8.58. The number of amides is 1. The zero-order valence-corrected chi connectivity index (χ0v) is 21.8. The number of hydrogen-bond acceptors (Lipinski definition) is 9. The van der Waals surface area contributed by atoms with Crippen molar-refractivity contribution in [3.8, 4) is 12.1 Å². The van der Waals surface area contributed by atoms with Crippen LogP contribution in [-0.4, -0.2) is 29.7 Å². The van der Waals surface area contributed by atoms with E-state index >= 15 is 0 Å². The van der Waals surface area contributed by atoms with Crippen LogP contribution >= 0.6 is 23.1 Å². The summed E-state index contributed by atoms with van der Waals surface area (Å²) in [7, 11) is 1.35. The Hall–Kier alpha value is -3.08. The number of aryl methyl sites for hydroxylation is 1. The number of esters is 1. The van der Waals surface area contributed by atoms with Gasteiger partial charge < -0.3 is 15.8 Å². The summed E-state index contributed by atoms with van der Waals surface area (Å²) in [5, 5.41) is 23.0. The van der Waals surface area contributed by atoms with E-state index in [0.29, 0.717) is 32.5 Å². The van der Waals surface area contributed by atoms with Gasteiger partial charge >= 0.3 is 5.97 Å². The molecule has 0 aliphatic heterocycles. The molecular weight excluding hydrogens is 482 g/mol. The first-order valence-electron chi connectivity index (χ1n) is 11.6. The predicted octanol–water partition coefficient (Wildman–Crippen LogP) is 5.16. The van der Waals surface area contributed by atoms with Crippen molar-refractivity contribution in [2.24, 2.45) is 0 Å². The second kappa shape index (κ2) is 12.1. The zero-order chi connectivity index (χ0) is 25.5. The topological polar surface area (TPSA) is 142 Å². The van der Waals surface area contributed by atoms with E-state index in [2.05, 4.69) is 16.4 Å². The first kappa shape index (κ1) is 26.5. The van der Waals surface area contributed by atoms with Crippen molar-refractivity contribution < 1.29 is 14.3 Å². The number of carbonyl (C=O) groups is 2. The molecule has 0 spiro atoms. The van der Waals surface area contributed by atoms with E-state index in [-0.39, 0.29) is 29.6 Å². The minimum absolute atomic E-state index is 0.0812. The van der Waals surface area contributed by atoms with E-state index in [1.54, 1.807) is 0 Å². The van der Waals surface area contributed by atoms with Crippen molar-refractivity contribution in [2.75, 3.05) is 23.9 Å². The van der Waals surface area contributed by atoms with Crippen LogP contribution in [0.1, 0.15) is 89.4 Å². The lowest BCUT2D eigenvalue weighted by Gasteiger charge is -2.15. The van der Waals surface area contributed by atoms with Gasteiger partial charge in [0, 0.05) is 17.1 Å². The highest BCUT2D eigenvalue weighted by Crippen LogP contribution is 2.38. The maximum absolute atomic E-state index is 12.8. The molecule has 1 aliphatic carbocycles. The molecule has 0 bridgehead atoms. The van der Waals surface area contributed by atoms with Gasteiger partial charge in [0.2, 0.25) is 5.91 Å². The van der Waals surface area contributed by atoms with Crippen LogP contribution in [0.5, 0.6) is 0 Å². The molecule has 3 rings (SSSR count). The second-order valence-electron chi connectivity index (χ2n) is 8.60. The standard InChI is InChI=1S/C25H29N5O3S2/c1-14(2)20-16(12-26)22(28)30-23(17(20)13-27)34-11-10-19(31)29-24-21(25(32)33-3)15-8-6-4-5-7-9-18(15)35-24/h14H,4-11H2,1-3H3,(H2,28,30)(H,29,31). The summed E-state index contributed by atoms with van der Waals surface area (Å²) in [5.74, 6) is -0.302. The van der Waals surface area contributed by atoms with Gasteiger partial charge in [0.05, 0.1) is 23.8 Å². The quantitative estimate of drug-likeness (QED) is 0.383. The van der Waals surface area contributed by atoms with Crippen LogP contribution in [0.15, 0.2) is 5.03 Å². The molecule has 0 atom stereocenters. The number of nitrogen functional groups attached to an aromatic ring is 1. The lowest BCUT2D eigenvalue weighted by atomic mass is 9.94. The fourth-order valence-electron chi connectivity index (χ4n) is 4.26. The van der Waals surface area contributed by atoms with E-state index < -0.39 is 5.97 Å². The largest absolute Gasteiger partial charge is 0.465 e. The summed E-state index contributed by atoms with van der Waals surface area (Å²) in [6, 6.07) is 4.20. The maximum atomic E-state index is 12.8. The predicted molar refractivity (Wildman–Crippen MR) is 138 cm³/mol. The zero-order valence-electron chi connectivity index (χ0n) is 20.2. The van der Waals surface area contributed by atoms with E-state index in [4.69, 9.17) is 10.5 Å². The summed E-state index contributed by atoms with van der Waals surface area (Å²) >= 11 is 2.71. The van der Waals surface area contributed by atoms with Gasteiger partial charge in [-0.2, -0.15) is 10.5 Å². The van der Waals surface area contributed by atoms with Crippen molar-refractivity contribution in [3.63, 3.8) is 0 Å². The molecule has 1 aliphatic rings. The Morgan fingerprint density at radius 3 is 2.49 bits per heavy atom. The average Bonchev–Trinajstić information content (AvgIpc) is 3.13. The number of fused-ring (bicyclic) bond motifs is 1. The number of nitrogens with two attached hydrogens (primary N) is 1. The number of thiophene rings is 1. The third-order valence-electron chi connectivity index (χ3n) is 5.91. The highest BCUT2D eigenvalue weighted by atomic mass is 32.2. The fourth-order valence-corrected chi connectivity index (χ4v) is 6.50. The summed E-state index contributed by atoms with van der Waals surface area (Å²) in [6.07, 6.45) is 6.24. The Balaban J connectivity index is 1.76. The number of rotatable bonds is 7. The van der Waals surface area contributed by atoms with Crippen LogP contribution in [0.2, 0.25) is 0 Å².